The van der Waals surface area contributed by atoms with Crippen molar-refractivity contribution in [3.05, 3.63) is 71.0 Å². The highest BCUT2D eigenvalue weighted by Gasteiger charge is 2.45. The van der Waals surface area contributed by atoms with E-state index in [1.54, 1.807) is 25.7 Å². The number of likely N-dealkylation sites (tertiary alicyclic amines) is 1. The van der Waals surface area contributed by atoms with Gasteiger partial charge in [0.15, 0.2) is 11.6 Å². The first-order valence-corrected chi connectivity index (χ1v) is 10.4. The van der Waals surface area contributed by atoms with Gasteiger partial charge in [0.05, 0.1) is 13.2 Å². The van der Waals surface area contributed by atoms with E-state index in [-0.39, 0.29) is 24.4 Å². The van der Waals surface area contributed by atoms with Gasteiger partial charge in [-0.3, -0.25) is 9.69 Å². The van der Waals surface area contributed by atoms with Crippen LogP contribution < -0.4 is 0 Å². The Morgan fingerprint density at radius 1 is 1.09 bits per heavy atom. The van der Waals surface area contributed by atoms with E-state index in [1.165, 1.54) is 12.0 Å². The number of hydrogen-bond acceptors (Lipinski definition) is 3. The number of methoxy groups -OCH3 is 1. The summed E-state index contributed by atoms with van der Waals surface area (Å²) in [6.45, 7) is 5.77. The van der Waals surface area contributed by atoms with Gasteiger partial charge in [-0.25, -0.2) is 18.0 Å². The zero-order valence-corrected chi connectivity index (χ0v) is 18.6. The summed E-state index contributed by atoms with van der Waals surface area (Å²) in [6.07, 6.45) is -0.812. The first-order valence-electron chi connectivity index (χ1n) is 10.4. The Hall–Kier alpha value is -3.03. The van der Waals surface area contributed by atoms with Crippen molar-refractivity contribution in [2.24, 2.45) is 0 Å². The molecular weight excluding hydrogens is 421 g/mol. The highest BCUT2D eigenvalue weighted by Crippen LogP contribution is 2.38. The van der Waals surface area contributed by atoms with Crippen molar-refractivity contribution in [1.29, 1.82) is 0 Å². The molecule has 1 fully saturated rings. The first kappa shape index (κ1) is 23.6. The fraction of sp³-hybridized carbons (Fsp3) is 0.417. The molecule has 0 unspecified atom stereocenters. The van der Waals surface area contributed by atoms with Crippen LogP contribution in [0.2, 0.25) is 0 Å². The number of carbonyl (C=O) groups excluding carboxylic acids is 2. The van der Waals surface area contributed by atoms with Crippen LogP contribution in [-0.2, 0) is 16.1 Å². The maximum Gasteiger partial charge on any atom is 0.410 e. The molecule has 0 radical (unpaired) electrons. The van der Waals surface area contributed by atoms with E-state index in [0.29, 0.717) is 12.6 Å². The van der Waals surface area contributed by atoms with Gasteiger partial charge in [-0.2, -0.15) is 0 Å². The Morgan fingerprint density at radius 3 is 2.31 bits per heavy atom. The molecule has 2 aromatic rings. The number of benzene rings is 2. The number of hydrogen-bond donors (Lipinski definition) is 0. The number of carbonyl (C=O) groups is 2. The van der Waals surface area contributed by atoms with E-state index in [0.717, 1.165) is 11.6 Å². The molecule has 8 heteroatoms. The summed E-state index contributed by atoms with van der Waals surface area (Å²) in [7, 11) is 1.24. The lowest BCUT2D eigenvalue weighted by Crippen LogP contribution is -2.60. The Morgan fingerprint density at radius 2 is 1.72 bits per heavy atom. The number of ether oxygens (including phenoxy) is 1. The minimum atomic E-state index is -1.31. The molecule has 0 saturated carbocycles. The second-order valence-corrected chi connectivity index (χ2v) is 8.94. The van der Waals surface area contributed by atoms with Gasteiger partial charge in [-0.1, -0.05) is 30.3 Å². The van der Waals surface area contributed by atoms with E-state index in [9.17, 15) is 22.8 Å². The van der Waals surface area contributed by atoms with Gasteiger partial charge in [0.25, 0.3) is 0 Å². The van der Waals surface area contributed by atoms with Crippen LogP contribution in [0.15, 0.2) is 42.5 Å². The molecule has 0 spiro atoms. The fourth-order valence-electron chi connectivity index (χ4n) is 4.27. The second kappa shape index (κ2) is 9.22. The lowest BCUT2D eigenvalue weighted by molar-refractivity contribution is -0.137. The summed E-state index contributed by atoms with van der Waals surface area (Å²) < 4.78 is 47.3. The second-order valence-electron chi connectivity index (χ2n) is 8.94. The standard InChI is InChI=1S/C24H27F3N2O3/c1-24(2,3)29(23(31)32-4)21-14-28(13-15-8-6-5-7-9-15)22(30)11-17(21)16-10-19(26)20(27)12-18(16)25/h5-10,12,17,21H,11,13-14H2,1-4H3/t17-,21+/m0/s1. The first-order chi connectivity index (χ1) is 15.0. The maximum absolute atomic E-state index is 14.7. The third-order valence-corrected chi connectivity index (χ3v) is 5.70. The number of piperidine rings is 1. The van der Waals surface area contributed by atoms with Gasteiger partial charge < -0.3 is 9.64 Å². The average molecular weight is 448 g/mol. The van der Waals surface area contributed by atoms with Crippen molar-refractivity contribution in [2.45, 2.75) is 51.2 Å². The van der Waals surface area contributed by atoms with Crippen LogP contribution in [-0.4, -0.2) is 47.0 Å². The molecule has 2 atom stereocenters. The van der Waals surface area contributed by atoms with Crippen molar-refractivity contribution < 1.29 is 27.5 Å². The molecule has 172 valence electrons. The molecule has 2 aromatic carbocycles. The van der Waals surface area contributed by atoms with Crippen molar-refractivity contribution in [3.8, 4) is 0 Å². The third-order valence-electron chi connectivity index (χ3n) is 5.70. The molecule has 2 amide bonds. The van der Waals surface area contributed by atoms with Crippen molar-refractivity contribution >= 4 is 12.0 Å². The van der Waals surface area contributed by atoms with E-state index in [1.807, 2.05) is 30.3 Å². The quantitative estimate of drug-likeness (QED) is 0.628. The minimum Gasteiger partial charge on any atom is -0.453 e. The fourth-order valence-corrected chi connectivity index (χ4v) is 4.27. The average Bonchev–Trinajstić information content (AvgIpc) is 2.72. The Bertz CT molecular complexity index is 992. The van der Waals surface area contributed by atoms with Gasteiger partial charge in [-0.15, -0.1) is 0 Å². The molecule has 1 aliphatic rings. The minimum absolute atomic E-state index is 0.0865. The maximum atomic E-state index is 14.7. The molecule has 0 aliphatic carbocycles. The van der Waals surface area contributed by atoms with Crippen molar-refractivity contribution in [1.82, 2.24) is 9.80 Å². The van der Waals surface area contributed by atoms with E-state index >= 15 is 0 Å². The summed E-state index contributed by atoms with van der Waals surface area (Å²) in [6, 6.07) is 9.88. The van der Waals surface area contributed by atoms with Gasteiger partial charge >= 0.3 is 6.09 Å². The normalized spacial score (nSPS) is 19.1. The van der Waals surface area contributed by atoms with E-state index in [4.69, 9.17) is 4.74 Å². The van der Waals surface area contributed by atoms with Gasteiger partial charge in [0.2, 0.25) is 5.91 Å². The highest BCUT2D eigenvalue weighted by molar-refractivity contribution is 5.79. The molecule has 3 rings (SSSR count). The predicted molar refractivity (Wildman–Crippen MR) is 113 cm³/mol. The molecule has 0 bridgehead atoms. The molecular formula is C24H27F3N2O3. The number of amides is 2. The van der Waals surface area contributed by atoms with Crippen LogP contribution >= 0.6 is 0 Å². The van der Waals surface area contributed by atoms with E-state index in [2.05, 4.69) is 0 Å². The molecule has 1 heterocycles. The van der Waals surface area contributed by atoms with E-state index < -0.39 is 41.0 Å². The number of halogens is 3. The summed E-state index contributed by atoms with van der Waals surface area (Å²) in [5, 5.41) is 0. The van der Waals surface area contributed by atoms with Crippen molar-refractivity contribution in [3.63, 3.8) is 0 Å². The van der Waals surface area contributed by atoms with Gasteiger partial charge in [-0.05, 0) is 38.0 Å². The summed E-state index contributed by atoms with van der Waals surface area (Å²) >= 11 is 0. The SMILES string of the molecule is COC(=O)N([C@@H]1CN(Cc2ccccc2)C(=O)C[C@H]1c1cc(F)c(F)cc1F)C(C)(C)C. The predicted octanol–water partition coefficient (Wildman–Crippen LogP) is 4.86. The van der Waals surface area contributed by atoms with Gasteiger partial charge in [0.1, 0.15) is 5.82 Å². The smallest absolute Gasteiger partial charge is 0.410 e. The molecule has 0 aromatic heterocycles. The van der Waals surface area contributed by atoms with Crippen LogP contribution in [0.25, 0.3) is 0 Å². The molecule has 0 N–H and O–H groups in total. The molecule has 32 heavy (non-hydrogen) atoms. The third kappa shape index (κ3) is 4.89. The highest BCUT2D eigenvalue weighted by atomic mass is 19.2. The molecule has 1 saturated heterocycles. The Kier molecular flexibility index (Phi) is 6.81. The monoisotopic (exact) mass is 448 g/mol. The Balaban J connectivity index is 2.06. The van der Waals surface area contributed by atoms with Crippen LogP contribution in [0.3, 0.4) is 0 Å². The lowest BCUT2D eigenvalue weighted by Gasteiger charge is -2.48. The van der Waals surface area contributed by atoms with Crippen LogP contribution in [0.4, 0.5) is 18.0 Å². The molecule has 1 aliphatic heterocycles. The van der Waals surface area contributed by atoms with Crippen LogP contribution in [0.5, 0.6) is 0 Å². The topological polar surface area (TPSA) is 49.9 Å². The summed E-state index contributed by atoms with van der Waals surface area (Å²) in [5.74, 6) is -4.61. The molecule has 5 nitrogen and oxygen atoms in total. The Labute approximate surface area is 185 Å². The summed E-state index contributed by atoms with van der Waals surface area (Å²) in [5.41, 5.74) is 0.0151. The van der Waals surface area contributed by atoms with Crippen LogP contribution in [0, 0.1) is 17.5 Å². The zero-order chi connectivity index (χ0) is 23.6. The number of rotatable bonds is 4. The van der Waals surface area contributed by atoms with Crippen LogP contribution in [0.1, 0.15) is 44.2 Å². The summed E-state index contributed by atoms with van der Waals surface area (Å²) in [4.78, 5) is 28.8. The largest absolute Gasteiger partial charge is 0.453 e. The number of nitrogens with zero attached hydrogens (tertiary/aromatic N) is 2. The zero-order valence-electron chi connectivity index (χ0n) is 18.6. The van der Waals surface area contributed by atoms with Gasteiger partial charge in [0, 0.05) is 37.0 Å². The van der Waals surface area contributed by atoms with Crippen molar-refractivity contribution in [2.75, 3.05) is 13.7 Å². The lowest BCUT2D eigenvalue weighted by atomic mass is 9.81.